The molecule has 0 atom stereocenters. The lowest BCUT2D eigenvalue weighted by molar-refractivity contribution is -0.125. The fraction of sp³-hybridized carbons (Fsp3) is 0.190. The Morgan fingerprint density at radius 3 is 0.964 bits per heavy atom. The van der Waals surface area contributed by atoms with E-state index in [4.69, 9.17) is 0 Å². The quantitative estimate of drug-likeness (QED) is 0.761. The van der Waals surface area contributed by atoms with Crippen LogP contribution in [0.3, 0.4) is 0 Å². The van der Waals surface area contributed by atoms with Crippen molar-refractivity contribution in [1.82, 2.24) is 0 Å². The van der Waals surface area contributed by atoms with Crippen molar-refractivity contribution in [3.8, 4) is 0 Å². The molecular formula is C21H20N2O5. The lowest BCUT2D eigenvalue weighted by atomic mass is 10.0. The number of carbonyl (C=O) groups is 5. The molecule has 0 aliphatic carbocycles. The van der Waals surface area contributed by atoms with Gasteiger partial charge >= 0.3 is 0 Å². The number of anilines is 2. The van der Waals surface area contributed by atoms with Crippen molar-refractivity contribution in [3.63, 3.8) is 0 Å². The molecule has 2 aromatic carbocycles. The molecule has 7 heteroatoms. The Morgan fingerprint density at radius 1 is 0.500 bits per heavy atom. The highest BCUT2D eigenvalue weighted by molar-refractivity contribution is 6.15. The van der Waals surface area contributed by atoms with Crippen molar-refractivity contribution in [1.29, 1.82) is 0 Å². The van der Waals surface area contributed by atoms with Crippen LogP contribution in [0.2, 0.25) is 0 Å². The maximum Gasteiger partial charge on any atom is 0.230 e. The summed E-state index contributed by atoms with van der Waals surface area (Å²) >= 11 is 0. The van der Waals surface area contributed by atoms with E-state index >= 15 is 0 Å². The summed E-state index contributed by atoms with van der Waals surface area (Å²) in [5.41, 5.74) is 1.51. The van der Waals surface area contributed by atoms with Crippen LogP contribution < -0.4 is 9.80 Å². The standard InChI is InChI=1S/C21H20N2O5/c1-13(24)22(14(2)25)19-9-5-17(6-10-19)21(28)18-7-11-20(12-8-18)23(15(3)26)16(4)27/h5-12H,1-4H3. The number of carbonyl (C=O) groups excluding carboxylic acids is 5. The first-order valence-corrected chi connectivity index (χ1v) is 8.50. The zero-order valence-electron chi connectivity index (χ0n) is 16.1. The monoisotopic (exact) mass is 380 g/mol. The molecule has 2 rings (SSSR count). The Labute approximate surface area is 162 Å². The number of nitrogens with zero attached hydrogens (tertiary/aromatic N) is 2. The number of rotatable bonds is 4. The number of benzene rings is 2. The maximum absolute atomic E-state index is 12.6. The molecule has 0 fully saturated rings. The second-order valence-electron chi connectivity index (χ2n) is 6.17. The minimum Gasteiger partial charge on any atom is -0.289 e. The Bertz CT molecular complexity index is 840. The Hall–Kier alpha value is -3.61. The SMILES string of the molecule is CC(=O)N(C(C)=O)c1ccc(C(=O)c2ccc(N(C(C)=O)C(C)=O)cc2)cc1. The van der Waals surface area contributed by atoms with Crippen LogP contribution in [-0.4, -0.2) is 29.4 Å². The van der Waals surface area contributed by atoms with E-state index in [9.17, 15) is 24.0 Å². The third-order valence-electron chi connectivity index (χ3n) is 4.03. The summed E-state index contributed by atoms with van der Waals surface area (Å²) in [5.74, 6) is -1.93. The van der Waals surface area contributed by atoms with E-state index in [-0.39, 0.29) is 5.78 Å². The van der Waals surface area contributed by atoms with Crippen LogP contribution in [0.4, 0.5) is 11.4 Å². The highest BCUT2D eigenvalue weighted by Crippen LogP contribution is 2.20. The zero-order chi connectivity index (χ0) is 21.0. The normalized spacial score (nSPS) is 10.1. The first-order valence-electron chi connectivity index (χ1n) is 8.50. The molecule has 0 unspecified atom stereocenters. The van der Waals surface area contributed by atoms with Gasteiger partial charge in [0.05, 0.1) is 11.4 Å². The van der Waals surface area contributed by atoms with Gasteiger partial charge in [0, 0.05) is 38.8 Å². The molecule has 0 aromatic heterocycles. The number of hydrogen-bond donors (Lipinski definition) is 0. The molecule has 0 spiro atoms. The van der Waals surface area contributed by atoms with Crippen molar-refractivity contribution >= 4 is 40.8 Å². The van der Waals surface area contributed by atoms with E-state index in [1.54, 1.807) is 0 Å². The molecule has 4 amide bonds. The summed E-state index contributed by atoms with van der Waals surface area (Å²) in [6.07, 6.45) is 0. The maximum atomic E-state index is 12.6. The third kappa shape index (κ3) is 4.37. The van der Waals surface area contributed by atoms with E-state index in [0.717, 1.165) is 9.80 Å². The lowest BCUT2D eigenvalue weighted by Crippen LogP contribution is -2.33. The van der Waals surface area contributed by atoms with E-state index in [1.807, 2.05) is 0 Å². The summed E-state index contributed by atoms with van der Waals surface area (Å²) in [7, 11) is 0. The van der Waals surface area contributed by atoms with E-state index < -0.39 is 23.6 Å². The lowest BCUT2D eigenvalue weighted by Gasteiger charge is -2.18. The van der Waals surface area contributed by atoms with Gasteiger partial charge in [-0.1, -0.05) is 0 Å². The zero-order valence-corrected chi connectivity index (χ0v) is 16.1. The minimum atomic E-state index is -0.414. The summed E-state index contributed by atoms with van der Waals surface area (Å²) in [5, 5.41) is 0. The van der Waals surface area contributed by atoms with Crippen LogP contribution in [0, 0.1) is 0 Å². The molecule has 0 saturated heterocycles. The number of imide groups is 2. The number of hydrogen-bond acceptors (Lipinski definition) is 5. The van der Waals surface area contributed by atoms with Gasteiger partial charge in [-0.3, -0.25) is 33.8 Å². The largest absolute Gasteiger partial charge is 0.289 e. The van der Waals surface area contributed by atoms with Crippen molar-refractivity contribution < 1.29 is 24.0 Å². The van der Waals surface area contributed by atoms with Crippen molar-refractivity contribution in [3.05, 3.63) is 59.7 Å². The fourth-order valence-electron chi connectivity index (χ4n) is 2.86. The molecule has 0 aliphatic heterocycles. The molecule has 2 aromatic rings. The van der Waals surface area contributed by atoms with E-state index in [1.165, 1.54) is 76.2 Å². The van der Waals surface area contributed by atoms with Gasteiger partial charge in [-0.15, -0.1) is 0 Å². The first kappa shape index (κ1) is 20.7. The number of ketones is 1. The molecule has 0 saturated carbocycles. The van der Waals surface area contributed by atoms with Crippen LogP contribution in [0.25, 0.3) is 0 Å². The smallest absolute Gasteiger partial charge is 0.230 e. The average molecular weight is 380 g/mol. The third-order valence-corrected chi connectivity index (χ3v) is 4.03. The van der Waals surface area contributed by atoms with Gasteiger partial charge in [-0.2, -0.15) is 0 Å². The van der Waals surface area contributed by atoms with Gasteiger partial charge in [0.1, 0.15) is 0 Å². The van der Waals surface area contributed by atoms with Crippen molar-refractivity contribution in [2.45, 2.75) is 27.7 Å². The average Bonchev–Trinajstić information content (AvgIpc) is 2.61. The Balaban J connectivity index is 2.27. The van der Waals surface area contributed by atoms with Crippen LogP contribution >= 0.6 is 0 Å². The van der Waals surface area contributed by atoms with Gasteiger partial charge in [-0.05, 0) is 48.5 Å². The molecule has 0 heterocycles. The fourth-order valence-corrected chi connectivity index (χ4v) is 2.86. The predicted molar refractivity (Wildman–Crippen MR) is 104 cm³/mol. The topological polar surface area (TPSA) is 91.8 Å². The summed E-state index contributed by atoms with van der Waals surface area (Å²) in [6.45, 7) is 5.14. The predicted octanol–water partition coefficient (Wildman–Crippen LogP) is 2.72. The molecule has 0 N–H and O–H groups in total. The molecular weight excluding hydrogens is 360 g/mol. The van der Waals surface area contributed by atoms with Crippen LogP contribution in [-0.2, 0) is 19.2 Å². The second kappa shape index (κ2) is 8.39. The summed E-state index contributed by atoms with van der Waals surface area (Å²) in [4.78, 5) is 61.1. The highest BCUT2D eigenvalue weighted by atomic mass is 16.2. The van der Waals surface area contributed by atoms with Crippen LogP contribution in [0.15, 0.2) is 48.5 Å². The molecule has 0 bridgehead atoms. The minimum absolute atomic E-state index is 0.271. The van der Waals surface area contributed by atoms with E-state index in [0.29, 0.717) is 22.5 Å². The molecule has 7 nitrogen and oxygen atoms in total. The van der Waals surface area contributed by atoms with Crippen LogP contribution in [0.1, 0.15) is 43.6 Å². The second-order valence-corrected chi connectivity index (χ2v) is 6.17. The summed E-state index contributed by atoms with van der Waals surface area (Å²) < 4.78 is 0. The van der Waals surface area contributed by atoms with Gasteiger partial charge in [-0.25, -0.2) is 0 Å². The number of amides is 4. The van der Waals surface area contributed by atoms with Gasteiger partial charge in [0.2, 0.25) is 23.6 Å². The highest BCUT2D eigenvalue weighted by Gasteiger charge is 2.19. The first-order chi connectivity index (χ1) is 13.1. The van der Waals surface area contributed by atoms with Gasteiger partial charge in [0.25, 0.3) is 0 Å². The molecule has 0 radical (unpaired) electrons. The van der Waals surface area contributed by atoms with Crippen LogP contribution in [0.5, 0.6) is 0 Å². The molecule has 144 valence electrons. The molecule has 0 aliphatic rings. The van der Waals surface area contributed by atoms with E-state index in [2.05, 4.69) is 0 Å². The van der Waals surface area contributed by atoms with Crippen molar-refractivity contribution in [2.75, 3.05) is 9.80 Å². The Kier molecular flexibility index (Phi) is 6.20. The summed E-state index contributed by atoms with van der Waals surface area (Å²) in [6, 6.07) is 12.2. The van der Waals surface area contributed by atoms with Gasteiger partial charge in [0.15, 0.2) is 5.78 Å². The van der Waals surface area contributed by atoms with Crippen molar-refractivity contribution in [2.24, 2.45) is 0 Å². The molecule has 28 heavy (non-hydrogen) atoms. The van der Waals surface area contributed by atoms with Gasteiger partial charge < -0.3 is 0 Å². The Morgan fingerprint density at radius 2 is 0.750 bits per heavy atom.